The molecule has 0 amide bonds. The second-order valence-corrected chi connectivity index (χ2v) is 7.69. The molecule has 2 rings (SSSR count). The minimum atomic E-state index is 0.102. The van der Waals surface area contributed by atoms with Crippen LogP contribution < -0.4 is 0 Å². The molecule has 1 aromatic heterocycles. The number of allylic oxidation sites excluding steroid dienone is 5. The molecule has 0 aliphatic rings. The van der Waals surface area contributed by atoms with Gasteiger partial charge in [0.25, 0.3) is 0 Å². The van der Waals surface area contributed by atoms with Crippen LogP contribution in [0.1, 0.15) is 44.5 Å². The van der Waals surface area contributed by atoms with E-state index in [2.05, 4.69) is 91.6 Å². The normalized spacial score (nSPS) is 13.0. The Morgan fingerprint density at radius 2 is 1.83 bits per heavy atom. The highest BCUT2D eigenvalue weighted by atomic mass is 79.9. The highest BCUT2D eigenvalue weighted by molar-refractivity contribution is 9.10. The van der Waals surface area contributed by atoms with Gasteiger partial charge in [0, 0.05) is 10.7 Å². The fraction of sp³-hybridized carbons (Fsp3) is 0.227. The van der Waals surface area contributed by atoms with Gasteiger partial charge in [-0.05, 0) is 52.8 Å². The summed E-state index contributed by atoms with van der Waals surface area (Å²) in [7, 11) is 0. The molecule has 0 N–H and O–H groups in total. The van der Waals surface area contributed by atoms with Gasteiger partial charge in [-0.15, -0.1) is 0 Å². The van der Waals surface area contributed by atoms with Crippen LogP contribution in [-0.2, 0) is 5.41 Å². The number of pyridine rings is 1. The Morgan fingerprint density at radius 3 is 2.46 bits per heavy atom. The second kappa shape index (κ2) is 7.76. The predicted octanol–water partition coefficient (Wildman–Crippen LogP) is 6.81. The number of nitrogens with zero attached hydrogens (tertiary/aromatic N) is 1. The van der Waals surface area contributed by atoms with Crippen molar-refractivity contribution >= 4 is 27.1 Å². The number of hydrogen-bond donors (Lipinski definition) is 0. The third kappa shape index (κ3) is 4.55. The third-order valence-electron chi connectivity index (χ3n) is 3.95. The van der Waals surface area contributed by atoms with Crippen molar-refractivity contribution in [2.24, 2.45) is 0 Å². The van der Waals surface area contributed by atoms with E-state index in [0.717, 1.165) is 15.7 Å². The molecule has 0 fully saturated rings. The highest BCUT2D eigenvalue weighted by Crippen LogP contribution is 2.26. The van der Waals surface area contributed by atoms with Crippen LogP contribution in [0.3, 0.4) is 0 Å². The van der Waals surface area contributed by atoms with Crippen molar-refractivity contribution in [3.8, 4) is 0 Å². The van der Waals surface area contributed by atoms with Crippen molar-refractivity contribution in [1.29, 1.82) is 0 Å². The lowest BCUT2D eigenvalue weighted by atomic mass is 9.87. The molecule has 2 heteroatoms. The zero-order valence-corrected chi connectivity index (χ0v) is 16.4. The first-order valence-electron chi connectivity index (χ1n) is 8.06. The molecule has 24 heavy (non-hydrogen) atoms. The van der Waals surface area contributed by atoms with E-state index in [1.54, 1.807) is 0 Å². The SMILES string of the molecule is C=C/C(=C\C=C(/C)c1ccccc1Br)c1cc(C(C)(C)C)ccn1. The first-order valence-corrected chi connectivity index (χ1v) is 8.85. The zero-order valence-electron chi connectivity index (χ0n) is 14.8. The molecule has 0 spiro atoms. The largest absolute Gasteiger partial charge is 0.256 e. The topological polar surface area (TPSA) is 12.9 Å². The fourth-order valence-corrected chi connectivity index (χ4v) is 3.00. The maximum absolute atomic E-state index is 4.51. The summed E-state index contributed by atoms with van der Waals surface area (Å²) in [4.78, 5) is 4.51. The lowest BCUT2D eigenvalue weighted by Crippen LogP contribution is -2.11. The molecule has 1 nitrogen and oxygen atoms in total. The van der Waals surface area contributed by atoms with Crippen LogP contribution in [0.2, 0.25) is 0 Å². The Morgan fingerprint density at radius 1 is 1.12 bits per heavy atom. The lowest BCUT2D eigenvalue weighted by Gasteiger charge is -2.19. The molecule has 0 aliphatic carbocycles. The smallest absolute Gasteiger partial charge is 0.0704 e. The van der Waals surface area contributed by atoms with Crippen LogP contribution in [0.15, 0.2) is 71.9 Å². The number of halogens is 1. The number of rotatable bonds is 4. The summed E-state index contributed by atoms with van der Waals surface area (Å²) in [5, 5.41) is 0. The van der Waals surface area contributed by atoms with E-state index < -0.39 is 0 Å². The molecule has 0 saturated heterocycles. The Hall–Kier alpha value is -1.93. The highest BCUT2D eigenvalue weighted by Gasteiger charge is 2.14. The Labute approximate surface area is 154 Å². The van der Waals surface area contributed by atoms with E-state index in [1.807, 2.05) is 24.4 Å². The van der Waals surface area contributed by atoms with Crippen LogP contribution in [0.4, 0.5) is 0 Å². The Balaban J connectivity index is 2.38. The number of hydrogen-bond acceptors (Lipinski definition) is 1. The van der Waals surface area contributed by atoms with E-state index in [0.29, 0.717) is 0 Å². The molecule has 1 aromatic carbocycles. The lowest BCUT2D eigenvalue weighted by molar-refractivity contribution is 0.589. The monoisotopic (exact) mass is 381 g/mol. The Bertz CT molecular complexity index is 792. The van der Waals surface area contributed by atoms with Gasteiger partial charge < -0.3 is 0 Å². The van der Waals surface area contributed by atoms with Crippen molar-refractivity contribution < 1.29 is 0 Å². The first kappa shape index (κ1) is 18.4. The van der Waals surface area contributed by atoms with Crippen LogP contribution in [-0.4, -0.2) is 4.98 Å². The maximum Gasteiger partial charge on any atom is 0.0704 e. The molecular weight excluding hydrogens is 358 g/mol. The van der Waals surface area contributed by atoms with E-state index in [1.165, 1.54) is 16.7 Å². The zero-order chi connectivity index (χ0) is 17.7. The Kier molecular flexibility index (Phi) is 5.95. The molecule has 0 atom stereocenters. The van der Waals surface area contributed by atoms with Gasteiger partial charge in [0.05, 0.1) is 5.69 Å². The van der Waals surface area contributed by atoms with E-state index >= 15 is 0 Å². The van der Waals surface area contributed by atoms with Crippen LogP contribution in [0, 0.1) is 0 Å². The second-order valence-electron chi connectivity index (χ2n) is 6.84. The van der Waals surface area contributed by atoms with Crippen LogP contribution in [0.5, 0.6) is 0 Å². The molecule has 0 bridgehead atoms. The van der Waals surface area contributed by atoms with Crippen molar-refractivity contribution in [2.75, 3.05) is 0 Å². The summed E-state index contributed by atoms with van der Waals surface area (Å²) < 4.78 is 1.10. The summed E-state index contributed by atoms with van der Waals surface area (Å²) in [6, 6.07) is 12.5. The minimum Gasteiger partial charge on any atom is -0.256 e. The van der Waals surface area contributed by atoms with Crippen molar-refractivity contribution in [2.45, 2.75) is 33.1 Å². The number of benzene rings is 1. The molecule has 0 saturated carbocycles. The van der Waals surface area contributed by atoms with Gasteiger partial charge in [-0.25, -0.2) is 0 Å². The average Bonchev–Trinajstić information content (AvgIpc) is 2.55. The van der Waals surface area contributed by atoms with Gasteiger partial charge in [0.1, 0.15) is 0 Å². The quantitative estimate of drug-likeness (QED) is 0.529. The maximum atomic E-state index is 4.51. The van der Waals surface area contributed by atoms with Gasteiger partial charge in [0.15, 0.2) is 0 Å². The summed E-state index contributed by atoms with van der Waals surface area (Å²) in [5.74, 6) is 0. The van der Waals surface area contributed by atoms with E-state index in [-0.39, 0.29) is 5.41 Å². The van der Waals surface area contributed by atoms with E-state index in [4.69, 9.17) is 0 Å². The molecule has 0 aliphatic heterocycles. The summed E-state index contributed by atoms with van der Waals surface area (Å²) in [6.45, 7) is 12.7. The molecule has 1 heterocycles. The van der Waals surface area contributed by atoms with Crippen molar-refractivity contribution in [1.82, 2.24) is 4.98 Å². The van der Waals surface area contributed by atoms with Gasteiger partial charge in [-0.2, -0.15) is 0 Å². The molecule has 0 unspecified atom stereocenters. The summed E-state index contributed by atoms with van der Waals surface area (Å²) in [5.41, 5.74) is 5.72. The fourth-order valence-electron chi connectivity index (χ4n) is 2.40. The van der Waals surface area contributed by atoms with Crippen LogP contribution >= 0.6 is 15.9 Å². The van der Waals surface area contributed by atoms with Crippen molar-refractivity contribution in [3.63, 3.8) is 0 Å². The molecular formula is C22H24BrN. The minimum absolute atomic E-state index is 0.102. The van der Waals surface area contributed by atoms with Crippen LogP contribution in [0.25, 0.3) is 11.1 Å². The van der Waals surface area contributed by atoms with Gasteiger partial charge in [0.2, 0.25) is 0 Å². The first-order chi connectivity index (χ1) is 11.3. The number of aromatic nitrogens is 1. The summed E-state index contributed by atoms with van der Waals surface area (Å²) in [6.07, 6.45) is 7.93. The van der Waals surface area contributed by atoms with Gasteiger partial charge in [-0.1, -0.05) is 79.7 Å². The molecule has 0 radical (unpaired) electrons. The standard InChI is InChI=1S/C22H24BrN/c1-6-17(21-15-18(13-14-24-21)22(3,4)5)12-11-16(2)19-9-7-8-10-20(19)23/h6-15H,1H2,2-5H3/b16-11+,17-12+. The molecule has 124 valence electrons. The van der Waals surface area contributed by atoms with Crippen molar-refractivity contribution in [3.05, 3.63) is 88.7 Å². The third-order valence-corrected chi connectivity index (χ3v) is 4.64. The van der Waals surface area contributed by atoms with Gasteiger partial charge in [-0.3, -0.25) is 4.98 Å². The summed E-state index contributed by atoms with van der Waals surface area (Å²) >= 11 is 3.60. The van der Waals surface area contributed by atoms with E-state index in [9.17, 15) is 0 Å². The molecule has 2 aromatic rings. The predicted molar refractivity (Wildman–Crippen MR) is 109 cm³/mol. The average molecular weight is 382 g/mol. The van der Waals surface area contributed by atoms with Gasteiger partial charge >= 0.3 is 0 Å².